The minimum absolute atomic E-state index is 0.492. The summed E-state index contributed by atoms with van der Waals surface area (Å²) in [5.74, 6) is 1.03. The van der Waals surface area contributed by atoms with Crippen molar-refractivity contribution in [1.82, 2.24) is 0 Å². The number of rotatable bonds is 9. The Hall–Kier alpha value is -0.740. The van der Waals surface area contributed by atoms with Gasteiger partial charge >= 0.3 is 0 Å². The van der Waals surface area contributed by atoms with Gasteiger partial charge in [0.15, 0.2) is 0 Å². The molecule has 0 bridgehead atoms. The van der Waals surface area contributed by atoms with E-state index in [-0.39, 0.29) is 0 Å². The van der Waals surface area contributed by atoms with Crippen LogP contribution in [0.25, 0.3) is 0 Å². The molecule has 0 heterocycles. The van der Waals surface area contributed by atoms with E-state index < -0.39 is 0 Å². The molecule has 118 valence electrons. The quantitative estimate of drug-likeness (QED) is 0.520. The van der Waals surface area contributed by atoms with E-state index in [0.717, 1.165) is 24.3 Å². The average molecular weight is 325 g/mol. The Balaban J connectivity index is 3.28. The summed E-state index contributed by atoms with van der Waals surface area (Å²) in [6, 6.07) is 6.90. The zero-order valence-electron chi connectivity index (χ0n) is 13.7. The van der Waals surface area contributed by atoms with Crippen molar-refractivity contribution in [1.29, 1.82) is 0 Å². The van der Waals surface area contributed by atoms with E-state index in [1.807, 2.05) is 11.8 Å². The molecule has 1 atom stereocenters. The number of unbranched alkanes of at least 4 members (excludes halogenated alkanes) is 1. The highest BCUT2D eigenvalue weighted by molar-refractivity contribution is 7.99. The molecule has 0 radical (unpaired) electrons. The Bertz CT molecular complexity index is 460. The molecule has 0 amide bonds. The van der Waals surface area contributed by atoms with Gasteiger partial charge in [0.1, 0.15) is 4.99 Å². The highest BCUT2D eigenvalue weighted by Gasteiger charge is 2.19. The maximum absolute atomic E-state index is 6.05. The predicted octanol–water partition coefficient (Wildman–Crippen LogP) is 4.84. The van der Waals surface area contributed by atoms with Gasteiger partial charge in [-0.3, -0.25) is 0 Å². The lowest BCUT2D eigenvalue weighted by Crippen LogP contribution is -2.35. The molecule has 4 heteroatoms. The van der Waals surface area contributed by atoms with Gasteiger partial charge in [0.2, 0.25) is 0 Å². The van der Waals surface area contributed by atoms with Crippen molar-refractivity contribution in [3.05, 3.63) is 23.8 Å². The fourth-order valence-corrected chi connectivity index (χ4v) is 3.53. The van der Waals surface area contributed by atoms with E-state index in [1.54, 1.807) is 0 Å². The van der Waals surface area contributed by atoms with Gasteiger partial charge in [0, 0.05) is 28.7 Å². The van der Waals surface area contributed by atoms with E-state index in [9.17, 15) is 0 Å². The molecule has 0 aliphatic heterocycles. The molecule has 2 N–H and O–H groups in total. The first-order valence-electron chi connectivity index (χ1n) is 7.88. The molecule has 0 aliphatic carbocycles. The summed E-state index contributed by atoms with van der Waals surface area (Å²) in [7, 11) is 0. The van der Waals surface area contributed by atoms with Crippen LogP contribution in [0.2, 0.25) is 0 Å². The van der Waals surface area contributed by atoms with Crippen molar-refractivity contribution in [2.75, 3.05) is 17.2 Å². The van der Waals surface area contributed by atoms with Gasteiger partial charge in [0.25, 0.3) is 0 Å². The van der Waals surface area contributed by atoms with Crippen LogP contribution in [0, 0.1) is 0 Å². The SMILES string of the molecule is CCCCN(c1cccc(SCC)c1C(N)=S)C(C)CC. The van der Waals surface area contributed by atoms with Crippen molar-refractivity contribution in [2.45, 2.75) is 57.9 Å². The van der Waals surface area contributed by atoms with Gasteiger partial charge < -0.3 is 10.6 Å². The molecule has 1 aromatic carbocycles. The van der Waals surface area contributed by atoms with Crippen molar-refractivity contribution in [2.24, 2.45) is 5.73 Å². The van der Waals surface area contributed by atoms with Crippen molar-refractivity contribution in [3.8, 4) is 0 Å². The van der Waals surface area contributed by atoms with Gasteiger partial charge in [0.05, 0.1) is 0 Å². The van der Waals surface area contributed by atoms with Crippen LogP contribution in [-0.2, 0) is 0 Å². The molecular weight excluding hydrogens is 296 g/mol. The van der Waals surface area contributed by atoms with E-state index in [2.05, 4.69) is 50.8 Å². The first kappa shape index (κ1) is 18.3. The normalized spacial score (nSPS) is 12.2. The van der Waals surface area contributed by atoms with Crippen LogP contribution in [0.3, 0.4) is 0 Å². The number of benzene rings is 1. The Kier molecular flexibility index (Phi) is 8.12. The summed E-state index contributed by atoms with van der Waals surface area (Å²) in [5, 5.41) is 0. The standard InChI is InChI=1S/C17H28N2S2/c1-5-8-12-19(13(4)6-2)14-10-9-11-15(21-7-3)16(14)17(18)20/h9-11,13H,5-8,12H2,1-4H3,(H2,18,20). The van der Waals surface area contributed by atoms with Gasteiger partial charge in [-0.05, 0) is 37.7 Å². The Morgan fingerprint density at radius 1 is 1.33 bits per heavy atom. The topological polar surface area (TPSA) is 29.3 Å². The molecular formula is C17H28N2S2. The van der Waals surface area contributed by atoms with Crippen LogP contribution < -0.4 is 10.6 Å². The minimum Gasteiger partial charge on any atom is -0.389 e. The third-order valence-corrected chi connectivity index (χ3v) is 4.88. The summed E-state index contributed by atoms with van der Waals surface area (Å²) >= 11 is 7.15. The first-order chi connectivity index (χ1) is 10.1. The predicted molar refractivity (Wildman–Crippen MR) is 101 cm³/mol. The van der Waals surface area contributed by atoms with E-state index in [4.69, 9.17) is 18.0 Å². The lowest BCUT2D eigenvalue weighted by molar-refractivity contribution is 0.595. The maximum Gasteiger partial charge on any atom is 0.107 e. The van der Waals surface area contributed by atoms with Crippen LogP contribution in [0.1, 0.15) is 52.5 Å². The molecule has 21 heavy (non-hydrogen) atoms. The summed E-state index contributed by atoms with van der Waals surface area (Å²) in [6.07, 6.45) is 3.50. The minimum atomic E-state index is 0.492. The number of thioether (sulfide) groups is 1. The molecule has 1 unspecified atom stereocenters. The second-order valence-electron chi connectivity index (χ2n) is 5.25. The highest BCUT2D eigenvalue weighted by Crippen LogP contribution is 2.32. The molecule has 0 spiro atoms. The first-order valence-corrected chi connectivity index (χ1v) is 9.28. The van der Waals surface area contributed by atoms with Gasteiger partial charge in [-0.1, -0.05) is 45.5 Å². The van der Waals surface area contributed by atoms with Crippen LogP contribution in [0.4, 0.5) is 5.69 Å². The number of anilines is 1. The second kappa shape index (κ2) is 9.31. The van der Waals surface area contributed by atoms with E-state index in [0.29, 0.717) is 11.0 Å². The van der Waals surface area contributed by atoms with Crippen molar-refractivity contribution < 1.29 is 0 Å². The summed E-state index contributed by atoms with van der Waals surface area (Å²) < 4.78 is 0. The average Bonchev–Trinajstić information content (AvgIpc) is 2.47. The van der Waals surface area contributed by atoms with Crippen LogP contribution >= 0.6 is 24.0 Å². The fraction of sp³-hybridized carbons (Fsp3) is 0.588. The highest BCUT2D eigenvalue weighted by atomic mass is 32.2. The van der Waals surface area contributed by atoms with Gasteiger partial charge in [-0.2, -0.15) is 0 Å². The molecule has 2 nitrogen and oxygen atoms in total. The summed E-state index contributed by atoms with van der Waals surface area (Å²) in [6.45, 7) is 9.95. The van der Waals surface area contributed by atoms with Crippen LogP contribution in [0.15, 0.2) is 23.1 Å². The van der Waals surface area contributed by atoms with Crippen molar-refractivity contribution in [3.63, 3.8) is 0 Å². The molecule has 1 aromatic rings. The zero-order valence-corrected chi connectivity index (χ0v) is 15.3. The molecule has 0 saturated carbocycles. The number of hydrogen-bond acceptors (Lipinski definition) is 3. The number of hydrogen-bond donors (Lipinski definition) is 1. The van der Waals surface area contributed by atoms with E-state index in [1.165, 1.54) is 23.4 Å². The smallest absolute Gasteiger partial charge is 0.107 e. The number of nitrogens with two attached hydrogens (primary N) is 1. The van der Waals surface area contributed by atoms with Crippen LogP contribution in [0.5, 0.6) is 0 Å². The Labute approximate surface area is 139 Å². The molecule has 0 fully saturated rings. The molecule has 0 aromatic heterocycles. The number of thiocarbonyl (C=S) groups is 1. The Morgan fingerprint density at radius 2 is 2.05 bits per heavy atom. The van der Waals surface area contributed by atoms with Crippen LogP contribution in [-0.4, -0.2) is 23.3 Å². The second-order valence-corrected chi connectivity index (χ2v) is 7.00. The lowest BCUT2D eigenvalue weighted by atomic mass is 10.1. The van der Waals surface area contributed by atoms with Gasteiger partial charge in [-0.15, -0.1) is 11.8 Å². The molecule has 0 aliphatic rings. The monoisotopic (exact) mass is 324 g/mol. The number of nitrogens with zero attached hydrogens (tertiary/aromatic N) is 1. The third-order valence-electron chi connectivity index (χ3n) is 3.74. The third kappa shape index (κ3) is 4.89. The zero-order chi connectivity index (χ0) is 15.8. The molecule has 0 saturated heterocycles. The maximum atomic E-state index is 6.05. The summed E-state index contributed by atoms with van der Waals surface area (Å²) in [5.41, 5.74) is 8.29. The fourth-order valence-electron chi connectivity index (χ4n) is 2.41. The van der Waals surface area contributed by atoms with Crippen molar-refractivity contribution >= 4 is 34.7 Å². The summed E-state index contributed by atoms with van der Waals surface area (Å²) in [4.78, 5) is 4.18. The lowest BCUT2D eigenvalue weighted by Gasteiger charge is -2.33. The van der Waals surface area contributed by atoms with E-state index >= 15 is 0 Å². The largest absolute Gasteiger partial charge is 0.389 e. The Morgan fingerprint density at radius 3 is 2.57 bits per heavy atom. The van der Waals surface area contributed by atoms with Gasteiger partial charge in [-0.25, -0.2) is 0 Å². The molecule has 1 rings (SSSR count).